The zero-order valence-electron chi connectivity index (χ0n) is 14.9. The predicted molar refractivity (Wildman–Crippen MR) is 97.5 cm³/mol. The summed E-state index contributed by atoms with van der Waals surface area (Å²) < 4.78 is 7.52. The van der Waals surface area contributed by atoms with Gasteiger partial charge < -0.3 is 19.9 Å². The van der Waals surface area contributed by atoms with Crippen LogP contribution in [0.1, 0.15) is 39.5 Å². The van der Waals surface area contributed by atoms with E-state index in [2.05, 4.69) is 29.5 Å². The molecular weight excluding hydrogens is 304 g/mol. The largest absolute Gasteiger partial charge is 0.373 e. The Bertz CT molecular complexity index is 576. The van der Waals surface area contributed by atoms with Crippen molar-refractivity contribution in [2.75, 3.05) is 26.2 Å². The van der Waals surface area contributed by atoms with Crippen LogP contribution in [0, 0.1) is 0 Å². The normalized spacial score (nSPS) is 21.0. The van der Waals surface area contributed by atoms with E-state index in [1.54, 1.807) is 16.7 Å². The van der Waals surface area contributed by atoms with Gasteiger partial charge in [0.25, 0.3) is 0 Å². The van der Waals surface area contributed by atoms with E-state index in [9.17, 15) is 4.79 Å². The van der Waals surface area contributed by atoms with Crippen molar-refractivity contribution in [3.8, 4) is 0 Å². The second-order valence-corrected chi connectivity index (χ2v) is 6.46. The number of rotatable bonds is 8. The molecule has 2 rings (SSSR count). The molecule has 0 spiro atoms. The fourth-order valence-electron chi connectivity index (χ4n) is 2.81. The topological polar surface area (TPSA) is 67.7 Å². The van der Waals surface area contributed by atoms with E-state index in [1.807, 2.05) is 12.3 Å². The van der Waals surface area contributed by atoms with Gasteiger partial charge in [0, 0.05) is 38.5 Å². The summed E-state index contributed by atoms with van der Waals surface area (Å²) in [5.41, 5.74) is -0.0539. The number of nitrogens with zero attached hydrogens (tertiary/aromatic N) is 2. The fraction of sp³-hybridized carbons (Fsp3) is 0.667. The summed E-state index contributed by atoms with van der Waals surface area (Å²) in [6, 6.07) is 5.26. The Morgan fingerprint density at radius 1 is 1.38 bits per heavy atom. The summed E-state index contributed by atoms with van der Waals surface area (Å²) in [4.78, 5) is 16.3. The Morgan fingerprint density at radius 2 is 2.25 bits per heavy atom. The summed E-state index contributed by atoms with van der Waals surface area (Å²) in [6.07, 6.45) is 5.97. The molecule has 6 heteroatoms. The number of nitrogens with one attached hydrogen (secondary N) is 2. The summed E-state index contributed by atoms with van der Waals surface area (Å²) in [5, 5.41) is 6.63. The lowest BCUT2D eigenvalue weighted by Gasteiger charge is -2.21. The van der Waals surface area contributed by atoms with Crippen molar-refractivity contribution >= 4 is 5.96 Å². The van der Waals surface area contributed by atoms with Crippen LogP contribution in [0.4, 0.5) is 0 Å². The molecule has 24 heavy (non-hydrogen) atoms. The predicted octanol–water partition coefficient (Wildman–Crippen LogP) is 1.75. The number of aliphatic imine (C=N–C) groups is 1. The van der Waals surface area contributed by atoms with Crippen LogP contribution in [-0.2, 0) is 11.3 Å². The van der Waals surface area contributed by atoms with Gasteiger partial charge in [-0.1, -0.05) is 6.07 Å². The van der Waals surface area contributed by atoms with E-state index in [0.717, 1.165) is 57.9 Å². The van der Waals surface area contributed by atoms with Crippen LogP contribution in [0.25, 0.3) is 0 Å². The maximum atomic E-state index is 11.6. The smallest absolute Gasteiger partial charge is 0.250 e. The van der Waals surface area contributed by atoms with Gasteiger partial charge in [0.2, 0.25) is 5.56 Å². The maximum Gasteiger partial charge on any atom is 0.250 e. The number of guanidine groups is 1. The van der Waals surface area contributed by atoms with Gasteiger partial charge >= 0.3 is 0 Å². The highest BCUT2D eigenvalue weighted by Crippen LogP contribution is 2.24. The Balaban J connectivity index is 1.71. The third kappa shape index (κ3) is 6.00. The first kappa shape index (κ1) is 18.5. The Hall–Kier alpha value is -1.82. The molecule has 1 fully saturated rings. The molecular formula is C18H30N4O2. The molecule has 1 aromatic rings. The standard InChI is InChI=1S/C18H30N4O2/c1-3-19-17(21-15-18(2)10-8-14-24-18)20-11-5-7-13-22-12-6-4-9-16(22)23/h4,6,9,12H,3,5,7-8,10-11,13-15H2,1-2H3,(H2,19,20,21). The lowest BCUT2D eigenvalue weighted by Crippen LogP contribution is -2.39. The first-order valence-electron chi connectivity index (χ1n) is 8.94. The van der Waals surface area contributed by atoms with Crippen LogP contribution in [0.2, 0.25) is 0 Å². The molecule has 1 atom stereocenters. The second kappa shape index (κ2) is 9.47. The van der Waals surface area contributed by atoms with E-state index in [-0.39, 0.29) is 11.2 Å². The quantitative estimate of drug-likeness (QED) is 0.432. The summed E-state index contributed by atoms with van der Waals surface area (Å²) >= 11 is 0. The highest BCUT2D eigenvalue weighted by atomic mass is 16.5. The molecule has 2 heterocycles. The minimum atomic E-state index is -0.114. The molecule has 1 aliphatic rings. The zero-order chi connectivity index (χ0) is 17.3. The summed E-state index contributed by atoms with van der Waals surface area (Å²) in [7, 11) is 0. The van der Waals surface area contributed by atoms with E-state index in [0.29, 0.717) is 6.54 Å². The number of pyridine rings is 1. The van der Waals surface area contributed by atoms with E-state index >= 15 is 0 Å². The minimum absolute atomic E-state index is 0.0603. The molecule has 0 aromatic carbocycles. The van der Waals surface area contributed by atoms with Gasteiger partial charge in [0.1, 0.15) is 0 Å². The van der Waals surface area contributed by atoms with Gasteiger partial charge in [-0.25, -0.2) is 0 Å². The van der Waals surface area contributed by atoms with Crippen molar-refractivity contribution in [2.24, 2.45) is 4.99 Å². The molecule has 0 saturated carbocycles. The fourth-order valence-corrected chi connectivity index (χ4v) is 2.81. The molecule has 1 aliphatic heterocycles. The Morgan fingerprint density at radius 3 is 2.96 bits per heavy atom. The van der Waals surface area contributed by atoms with Gasteiger partial charge in [-0.15, -0.1) is 0 Å². The number of ether oxygens (including phenoxy) is 1. The number of hydrogen-bond donors (Lipinski definition) is 2. The molecule has 134 valence electrons. The molecule has 0 aliphatic carbocycles. The van der Waals surface area contributed by atoms with Gasteiger partial charge in [-0.2, -0.15) is 0 Å². The lowest BCUT2D eigenvalue weighted by molar-refractivity contribution is 0.0283. The van der Waals surface area contributed by atoms with E-state index in [1.165, 1.54) is 0 Å². The van der Waals surface area contributed by atoms with Crippen molar-refractivity contribution < 1.29 is 4.74 Å². The molecule has 0 bridgehead atoms. The van der Waals surface area contributed by atoms with Crippen LogP contribution >= 0.6 is 0 Å². The van der Waals surface area contributed by atoms with Crippen LogP contribution in [0.15, 0.2) is 34.2 Å². The van der Waals surface area contributed by atoms with Crippen LogP contribution in [0.3, 0.4) is 0 Å². The number of aryl methyl sites for hydroxylation is 1. The first-order valence-corrected chi connectivity index (χ1v) is 8.94. The monoisotopic (exact) mass is 334 g/mol. The molecule has 6 nitrogen and oxygen atoms in total. The molecule has 1 unspecified atom stereocenters. The average molecular weight is 334 g/mol. The SMILES string of the molecule is CCNC(=NCC1(C)CCCO1)NCCCCn1ccccc1=O. The van der Waals surface area contributed by atoms with Crippen LogP contribution < -0.4 is 16.2 Å². The van der Waals surface area contributed by atoms with Crippen LogP contribution in [-0.4, -0.2) is 42.4 Å². The van der Waals surface area contributed by atoms with Crippen molar-refractivity contribution in [1.82, 2.24) is 15.2 Å². The summed E-state index contributed by atoms with van der Waals surface area (Å²) in [6.45, 7) is 8.14. The van der Waals surface area contributed by atoms with Crippen molar-refractivity contribution in [1.29, 1.82) is 0 Å². The Kier molecular flexibility index (Phi) is 7.31. The van der Waals surface area contributed by atoms with Crippen molar-refractivity contribution in [3.05, 3.63) is 34.7 Å². The van der Waals surface area contributed by atoms with Crippen molar-refractivity contribution in [3.63, 3.8) is 0 Å². The highest BCUT2D eigenvalue weighted by Gasteiger charge is 2.29. The molecule has 2 N–H and O–H groups in total. The van der Waals surface area contributed by atoms with Gasteiger partial charge in [-0.05, 0) is 45.6 Å². The molecule has 0 amide bonds. The number of unbranched alkanes of at least 4 members (excludes halogenated alkanes) is 1. The Labute approximate surface area is 144 Å². The third-order valence-electron chi connectivity index (χ3n) is 4.23. The highest BCUT2D eigenvalue weighted by molar-refractivity contribution is 5.79. The van der Waals surface area contributed by atoms with Crippen LogP contribution in [0.5, 0.6) is 0 Å². The van der Waals surface area contributed by atoms with Crippen molar-refractivity contribution in [2.45, 2.75) is 51.7 Å². The lowest BCUT2D eigenvalue weighted by atomic mass is 10.0. The zero-order valence-corrected chi connectivity index (χ0v) is 14.9. The number of hydrogen-bond acceptors (Lipinski definition) is 3. The molecule has 0 radical (unpaired) electrons. The second-order valence-electron chi connectivity index (χ2n) is 6.46. The average Bonchev–Trinajstić information content (AvgIpc) is 3.01. The van der Waals surface area contributed by atoms with Gasteiger partial charge in [0.05, 0.1) is 12.1 Å². The molecule has 1 saturated heterocycles. The first-order chi connectivity index (χ1) is 11.6. The van der Waals surface area contributed by atoms with E-state index < -0.39 is 0 Å². The van der Waals surface area contributed by atoms with Gasteiger partial charge in [-0.3, -0.25) is 9.79 Å². The number of aromatic nitrogens is 1. The van der Waals surface area contributed by atoms with E-state index in [4.69, 9.17) is 4.74 Å². The molecule has 1 aromatic heterocycles. The maximum absolute atomic E-state index is 11.6. The summed E-state index contributed by atoms with van der Waals surface area (Å²) in [5.74, 6) is 0.839. The minimum Gasteiger partial charge on any atom is -0.373 e. The van der Waals surface area contributed by atoms with Gasteiger partial charge in [0.15, 0.2) is 5.96 Å². The third-order valence-corrected chi connectivity index (χ3v) is 4.23.